The standard InChI is InChI=1S/C20H32/c1-2-3-4-5-6-7-8-9-14-10-11-15-16-13-18-19(15)20(18)17(16)12-14/h10,15-20H,2-9,11-13H2,1H3/t15-,16-,17+,18+,19?,20?/m0/s1. The van der Waals surface area contributed by atoms with Crippen LogP contribution in [0.25, 0.3) is 0 Å². The minimum absolute atomic E-state index is 1.14. The molecule has 0 aliphatic heterocycles. The van der Waals surface area contributed by atoms with Gasteiger partial charge in [0, 0.05) is 0 Å². The molecule has 2 unspecified atom stereocenters. The Morgan fingerprint density at radius 1 is 0.850 bits per heavy atom. The fourth-order valence-corrected chi connectivity index (χ4v) is 6.32. The van der Waals surface area contributed by atoms with E-state index in [1.54, 1.807) is 6.42 Å². The molecule has 0 aromatic heterocycles. The molecule has 0 saturated heterocycles. The topological polar surface area (TPSA) is 0 Å². The quantitative estimate of drug-likeness (QED) is 0.377. The van der Waals surface area contributed by atoms with Crippen LogP contribution in [-0.2, 0) is 0 Å². The van der Waals surface area contributed by atoms with Gasteiger partial charge in [0.25, 0.3) is 0 Å². The zero-order valence-electron chi connectivity index (χ0n) is 13.3. The maximum Gasteiger partial charge on any atom is -0.0286 e. The molecular weight excluding hydrogens is 240 g/mol. The van der Waals surface area contributed by atoms with Gasteiger partial charge >= 0.3 is 0 Å². The average molecular weight is 272 g/mol. The first-order chi connectivity index (χ1) is 9.90. The number of allylic oxidation sites excluding steroid dienone is 2. The van der Waals surface area contributed by atoms with Gasteiger partial charge in [-0.15, -0.1) is 0 Å². The molecule has 5 aliphatic rings. The Balaban J connectivity index is 1.18. The molecule has 0 heteroatoms. The summed E-state index contributed by atoms with van der Waals surface area (Å²) in [6.07, 6.45) is 18.9. The van der Waals surface area contributed by atoms with Gasteiger partial charge in [-0.25, -0.2) is 0 Å². The van der Waals surface area contributed by atoms with E-state index in [2.05, 4.69) is 13.0 Å². The molecule has 5 rings (SSSR count). The fourth-order valence-electron chi connectivity index (χ4n) is 6.32. The van der Waals surface area contributed by atoms with Crippen molar-refractivity contribution >= 4 is 0 Å². The van der Waals surface area contributed by atoms with Crippen molar-refractivity contribution in [1.29, 1.82) is 0 Å². The molecule has 112 valence electrons. The van der Waals surface area contributed by atoms with Crippen LogP contribution < -0.4 is 0 Å². The van der Waals surface area contributed by atoms with E-state index in [9.17, 15) is 0 Å². The fraction of sp³-hybridized carbons (Fsp3) is 0.900. The van der Waals surface area contributed by atoms with Gasteiger partial charge in [0.2, 0.25) is 0 Å². The summed E-state index contributed by atoms with van der Waals surface area (Å²) in [6, 6.07) is 0. The van der Waals surface area contributed by atoms with Gasteiger partial charge in [-0.05, 0) is 67.6 Å². The number of hydrogen-bond donors (Lipinski definition) is 0. The Kier molecular flexibility index (Phi) is 3.69. The zero-order valence-corrected chi connectivity index (χ0v) is 13.3. The number of rotatable bonds is 8. The van der Waals surface area contributed by atoms with Crippen LogP contribution in [0, 0.1) is 35.5 Å². The summed E-state index contributed by atoms with van der Waals surface area (Å²) in [4.78, 5) is 0. The van der Waals surface area contributed by atoms with E-state index >= 15 is 0 Å². The molecule has 6 atom stereocenters. The summed E-state index contributed by atoms with van der Waals surface area (Å²) >= 11 is 0. The lowest BCUT2D eigenvalue weighted by molar-refractivity contribution is 0.344. The Bertz CT molecular complexity index is 379. The Morgan fingerprint density at radius 2 is 1.60 bits per heavy atom. The van der Waals surface area contributed by atoms with Gasteiger partial charge in [0.05, 0.1) is 0 Å². The second-order valence-electron chi connectivity index (χ2n) is 8.22. The predicted molar refractivity (Wildman–Crippen MR) is 85.5 cm³/mol. The maximum atomic E-state index is 2.69. The summed E-state index contributed by atoms with van der Waals surface area (Å²) in [5.74, 6) is 7.08. The van der Waals surface area contributed by atoms with Crippen molar-refractivity contribution in [3.8, 4) is 0 Å². The summed E-state index contributed by atoms with van der Waals surface area (Å²) in [6.45, 7) is 2.31. The van der Waals surface area contributed by atoms with Crippen LogP contribution in [-0.4, -0.2) is 0 Å². The van der Waals surface area contributed by atoms with E-state index in [-0.39, 0.29) is 0 Å². The van der Waals surface area contributed by atoms with Gasteiger partial charge < -0.3 is 0 Å². The summed E-state index contributed by atoms with van der Waals surface area (Å²) in [7, 11) is 0. The highest BCUT2D eigenvalue weighted by molar-refractivity contribution is 5.25. The molecule has 0 radical (unpaired) electrons. The second kappa shape index (κ2) is 5.50. The average Bonchev–Trinajstić information content (AvgIpc) is 2.75. The molecular formula is C20H32. The smallest absolute Gasteiger partial charge is 0.0286 e. The highest BCUT2D eigenvalue weighted by Gasteiger charge is 2.72. The minimum Gasteiger partial charge on any atom is -0.0850 e. The molecule has 0 amide bonds. The normalized spacial score (nSPS) is 43.5. The first kappa shape index (κ1) is 13.4. The lowest BCUT2D eigenvalue weighted by atomic mass is 9.88. The van der Waals surface area contributed by atoms with Crippen LogP contribution in [0.5, 0.6) is 0 Å². The molecule has 20 heavy (non-hydrogen) atoms. The zero-order chi connectivity index (χ0) is 13.5. The van der Waals surface area contributed by atoms with E-state index in [1.807, 2.05) is 5.57 Å². The molecule has 4 fully saturated rings. The monoisotopic (exact) mass is 272 g/mol. The van der Waals surface area contributed by atoms with Crippen molar-refractivity contribution < 1.29 is 0 Å². The summed E-state index contributed by atoms with van der Waals surface area (Å²) in [5, 5.41) is 0. The molecule has 0 nitrogen and oxygen atoms in total. The number of hydrogen-bond acceptors (Lipinski definition) is 0. The van der Waals surface area contributed by atoms with Crippen LogP contribution in [0.1, 0.15) is 77.6 Å². The van der Waals surface area contributed by atoms with E-state index in [4.69, 9.17) is 0 Å². The van der Waals surface area contributed by atoms with Crippen LogP contribution in [0.3, 0.4) is 0 Å². The van der Waals surface area contributed by atoms with Crippen LogP contribution >= 0.6 is 0 Å². The van der Waals surface area contributed by atoms with Crippen molar-refractivity contribution in [2.75, 3.05) is 0 Å². The van der Waals surface area contributed by atoms with Crippen molar-refractivity contribution in [2.45, 2.75) is 77.6 Å². The molecule has 0 aromatic carbocycles. The van der Waals surface area contributed by atoms with Crippen LogP contribution in [0.2, 0.25) is 0 Å². The van der Waals surface area contributed by atoms with E-state index in [0.717, 1.165) is 17.8 Å². The van der Waals surface area contributed by atoms with Gasteiger partial charge in [0.1, 0.15) is 0 Å². The van der Waals surface area contributed by atoms with Crippen molar-refractivity contribution in [1.82, 2.24) is 0 Å². The predicted octanol–water partition coefficient (Wildman–Crippen LogP) is 5.98. The third-order valence-electron chi connectivity index (χ3n) is 7.20. The third kappa shape index (κ3) is 2.18. The molecule has 6 bridgehead atoms. The van der Waals surface area contributed by atoms with Gasteiger partial charge in [-0.3, -0.25) is 0 Å². The highest BCUT2D eigenvalue weighted by Crippen LogP contribution is 2.78. The Morgan fingerprint density at radius 3 is 2.40 bits per heavy atom. The largest absolute Gasteiger partial charge is 0.0850 e. The SMILES string of the molecule is CCCCCCCCCC1=CC[C@@H]2C3C4[C@@H]3C[C@@H]2[C@H]4C1. The molecule has 0 heterocycles. The highest BCUT2D eigenvalue weighted by atomic mass is 14.8. The van der Waals surface area contributed by atoms with Crippen molar-refractivity contribution in [3.05, 3.63) is 11.6 Å². The van der Waals surface area contributed by atoms with Gasteiger partial charge in [-0.1, -0.05) is 57.1 Å². The lowest BCUT2D eigenvalue weighted by Crippen LogP contribution is -2.09. The molecule has 5 aliphatic carbocycles. The summed E-state index contributed by atoms with van der Waals surface area (Å²) in [5.41, 5.74) is 1.86. The van der Waals surface area contributed by atoms with E-state index in [0.29, 0.717) is 0 Å². The van der Waals surface area contributed by atoms with Crippen molar-refractivity contribution in [2.24, 2.45) is 35.5 Å². The molecule has 0 aromatic rings. The Labute approximate surface area is 125 Å². The first-order valence-electron chi connectivity index (χ1n) is 9.58. The minimum atomic E-state index is 1.14. The van der Waals surface area contributed by atoms with Gasteiger partial charge in [0.15, 0.2) is 0 Å². The Hall–Kier alpha value is -0.260. The van der Waals surface area contributed by atoms with Crippen LogP contribution in [0.4, 0.5) is 0 Å². The van der Waals surface area contributed by atoms with Crippen LogP contribution in [0.15, 0.2) is 11.6 Å². The molecule has 4 saturated carbocycles. The molecule has 0 N–H and O–H groups in total. The van der Waals surface area contributed by atoms with Gasteiger partial charge in [-0.2, -0.15) is 0 Å². The third-order valence-corrected chi connectivity index (χ3v) is 7.20. The van der Waals surface area contributed by atoms with E-state index in [1.165, 1.54) is 82.0 Å². The van der Waals surface area contributed by atoms with Crippen molar-refractivity contribution in [3.63, 3.8) is 0 Å². The molecule has 0 spiro atoms. The second-order valence-corrected chi connectivity index (χ2v) is 8.22. The van der Waals surface area contributed by atoms with E-state index < -0.39 is 0 Å². The maximum absolute atomic E-state index is 2.69. The number of unbranched alkanes of at least 4 members (excludes halogenated alkanes) is 6. The first-order valence-corrected chi connectivity index (χ1v) is 9.58. The summed E-state index contributed by atoms with van der Waals surface area (Å²) < 4.78 is 0. The lowest BCUT2D eigenvalue weighted by Gasteiger charge is -2.17.